The third-order valence-corrected chi connectivity index (χ3v) is 5.17. The molecule has 0 spiro atoms. The lowest BCUT2D eigenvalue weighted by atomic mass is 9.86. The van der Waals surface area contributed by atoms with Crippen LogP contribution < -0.4 is 11.1 Å². The van der Waals surface area contributed by atoms with Crippen molar-refractivity contribution in [2.45, 2.75) is 51.6 Å². The first-order chi connectivity index (χ1) is 11.5. The van der Waals surface area contributed by atoms with Gasteiger partial charge in [0.25, 0.3) is 5.91 Å². The molecule has 25 heavy (non-hydrogen) atoms. The van der Waals surface area contributed by atoms with Gasteiger partial charge in [-0.2, -0.15) is 0 Å². The van der Waals surface area contributed by atoms with Gasteiger partial charge in [-0.1, -0.05) is 32.9 Å². The standard InChI is InChI=1S/C19H29N3O2S/c1-18(2,3)14-8-6-13(7-9-14)17(24)22-12-25-10-15(22)16(23)21-11-19(4,5)20/h6-9,15H,10-12,20H2,1-5H3,(H,21,23). The summed E-state index contributed by atoms with van der Waals surface area (Å²) in [6.07, 6.45) is 0. The Morgan fingerprint density at radius 2 is 1.80 bits per heavy atom. The van der Waals surface area contributed by atoms with E-state index in [9.17, 15) is 9.59 Å². The third kappa shape index (κ3) is 5.22. The van der Waals surface area contributed by atoms with E-state index in [2.05, 4.69) is 26.1 Å². The zero-order valence-corrected chi connectivity index (χ0v) is 16.6. The second-order valence-electron chi connectivity index (χ2n) is 8.32. The molecule has 0 saturated carbocycles. The SMILES string of the molecule is CC(C)(N)CNC(=O)C1CSCN1C(=O)c1ccc(C(C)(C)C)cc1. The van der Waals surface area contributed by atoms with Gasteiger partial charge in [-0.25, -0.2) is 0 Å². The number of hydrogen-bond acceptors (Lipinski definition) is 4. The molecule has 3 N–H and O–H groups in total. The molecule has 138 valence electrons. The highest BCUT2D eigenvalue weighted by Gasteiger charge is 2.35. The quantitative estimate of drug-likeness (QED) is 0.861. The fourth-order valence-corrected chi connectivity index (χ4v) is 3.73. The normalized spacial score (nSPS) is 18.3. The Balaban J connectivity index is 2.08. The minimum absolute atomic E-state index is 0.0442. The van der Waals surface area contributed by atoms with E-state index in [1.54, 1.807) is 16.7 Å². The van der Waals surface area contributed by atoms with Crippen molar-refractivity contribution in [3.63, 3.8) is 0 Å². The van der Waals surface area contributed by atoms with Gasteiger partial charge in [-0.15, -0.1) is 11.8 Å². The number of thioether (sulfide) groups is 1. The van der Waals surface area contributed by atoms with Gasteiger partial charge in [0.05, 0.1) is 5.88 Å². The second kappa shape index (κ2) is 7.38. The second-order valence-corrected chi connectivity index (χ2v) is 9.32. The van der Waals surface area contributed by atoms with Gasteiger partial charge in [0.1, 0.15) is 6.04 Å². The Hall–Kier alpha value is -1.53. The predicted molar refractivity (Wildman–Crippen MR) is 104 cm³/mol. The monoisotopic (exact) mass is 363 g/mol. The van der Waals surface area contributed by atoms with Gasteiger partial charge in [-0.05, 0) is 37.0 Å². The molecule has 0 aliphatic carbocycles. The average molecular weight is 364 g/mol. The van der Waals surface area contributed by atoms with Crippen molar-refractivity contribution in [3.05, 3.63) is 35.4 Å². The molecule has 5 nitrogen and oxygen atoms in total. The Labute approximate surface area is 154 Å². The van der Waals surface area contributed by atoms with E-state index in [0.717, 1.165) is 0 Å². The topological polar surface area (TPSA) is 75.4 Å². The highest BCUT2D eigenvalue weighted by atomic mass is 32.2. The summed E-state index contributed by atoms with van der Waals surface area (Å²) in [7, 11) is 0. The smallest absolute Gasteiger partial charge is 0.255 e. The van der Waals surface area contributed by atoms with Crippen molar-refractivity contribution < 1.29 is 9.59 Å². The van der Waals surface area contributed by atoms with Crippen LogP contribution in [0.15, 0.2) is 24.3 Å². The van der Waals surface area contributed by atoms with Crippen LogP contribution in [0.5, 0.6) is 0 Å². The van der Waals surface area contributed by atoms with Gasteiger partial charge >= 0.3 is 0 Å². The fourth-order valence-electron chi connectivity index (χ4n) is 2.57. The number of amides is 2. The fraction of sp³-hybridized carbons (Fsp3) is 0.579. The van der Waals surface area contributed by atoms with E-state index in [4.69, 9.17) is 5.73 Å². The molecule has 1 aromatic carbocycles. The first-order valence-electron chi connectivity index (χ1n) is 8.55. The predicted octanol–water partition coefficient (Wildman–Crippen LogP) is 2.35. The minimum Gasteiger partial charge on any atom is -0.352 e. The van der Waals surface area contributed by atoms with E-state index >= 15 is 0 Å². The maximum atomic E-state index is 12.8. The van der Waals surface area contributed by atoms with Gasteiger partial charge < -0.3 is 16.0 Å². The van der Waals surface area contributed by atoms with Crippen LogP contribution in [0.3, 0.4) is 0 Å². The summed E-state index contributed by atoms with van der Waals surface area (Å²) in [6, 6.07) is 7.24. The van der Waals surface area contributed by atoms with Crippen molar-refractivity contribution in [3.8, 4) is 0 Å². The van der Waals surface area contributed by atoms with Gasteiger partial charge in [0.2, 0.25) is 5.91 Å². The maximum Gasteiger partial charge on any atom is 0.255 e. The number of carbonyl (C=O) groups excluding carboxylic acids is 2. The van der Waals surface area contributed by atoms with Crippen molar-refractivity contribution in [2.75, 3.05) is 18.2 Å². The molecule has 1 fully saturated rings. The molecular weight excluding hydrogens is 334 g/mol. The van der Waals surface area contributed by atoms with Crippen LogP contribution in [0.4, 0.5) is 0 Å². The highest BCUT2D eigenvalue weighted by molar-refractivity contribution is 7.99. The zero-order chi connectivity index (χ0) is 18.8. The Bertz CT molecular complexity index is 630. The summed E-state index contributed by atoms with van der Waals surface area (Å²) in [5, 5.41) is 2.86. The van der Waals surface area contributed by atoms with Crippen LogP contribution in [-0.4, -0.2) is 46.5 Å². The van der Waals surface area contributed by atoms with Crippen LogP contribution in [0.1, 0.15) is 50.5 Å². The summed E-state index contributed by atoms with van der Waals surface area (Å²) in [6.45, 7) is 10.5. The molecule has 1 aliphatic rings. The molecule has 1 unspecified atom stereocenters. The summed E-state index contributed by atoms with van der Waals surface area (Å²) in [4.78, 5) is 26.9. The third-order valence-electron chi connectivity index (χ3n) is 4.16. The van der Waals surface area contributed by atoms with Crippen molar-refractivity contribution in [1.82, 2.24) is 10.2 Å². The molecule has 6 heteroatoms. The summed E-state index contributed by atoms with van der Waals surface area (Å²) < 4.78 is 0. The lowest BCUT2D eigenvalue weighted by Gasteiger charge is -2.26. The maximum absolute atomic E-state index is 12.8. The van der Waals surface area contributed by atoms with Crippen molar-refractivity contribution in [1.29, 1.82) is 0 Å². The molecule has 1 atom stereocenters. The molecule has 1 aliphatic heterocycles. The lowest BCUT2D eigenvalue weighted by molar-refractivity contribution is -0.124. The van der Waals surface area contributed by atoms with E-state index in [-0.39, 0.29) is 17.2 Å². The van der Waals surface area contributed by atoms with Crippen LogP contribution in [0, 0.1) is 0 Å². The van der Waals surface area contributed by atoms with Gasteiger partial charge in [0.15, 0.2) is 0 Å². The molecule has 0 aromatic heterocycles. The number of nitrogens with one attached hydrogen (secondary N) is 1. The molecule has 1 aromatic rings. The summed E-state index contributed by atoms with van der Waals surface area (Å²) >= 11 is 1.60. The number of benzene rings is 1. The number of carbonyl (C=O) groups is 2. The average Bonchev–Trinajstić information content (AvgIpc) is 3.00. The minimum atomic E-state index is -0.473. The molecule has 1 heterocycles. The molecule has 2 amide bonds. The van der Waals surface area contributed by atoms with Crippen LogP contribution >= 0.6 is 11.8 Å². The van der Waals surface area contributed by atoms with E-state index in [0.29, 0.717) is 23.7 Å². The van der Waals surface area contributed by atoms with Gasteiger partial charge in [0, 0.05) is 23.4 Å². The number of nitrogens with zero attached hydrogens (tertiary/aromatic N) is 1. The molecule has 0 radical (unpaired) electrons. The van der Waals surface area contributed by atoms with E-state index < -0.39 is 11.6 Å². The van der Waals surface area contributed by atoms with E-state index in [1.807, 2.05) is 38.1 Å². The zero-order valence-electron chi connectivity index (χ0n) is 15.8. The Morgan fingerprint density at radius 1 is 1.20 bits per heavy atom. The largest absolute Gasteiger partial charge is 0.352 e. The molecule has 2 rings (SSSR count). The van der Waals surface area contributed by atoms with Gasteiger partial charge in [-0.3, -0.25) is 9.59 Å². The first kappa shape index (κ1) is 19.8. The summed E-state index contributed by atoms with van der Waals surface area (Å²) in [5.41, 5.74) is 7.29. The van der Waals surface area contributed by atoms with Crippen molar-refractivity contribution in [2.24, 2.45) is 5.73 Å². The molecule has 1 saturated heterocycles. The van der Waals surface area contributed by atoms with Crippen LogP contribution in [0.25, 0.3) is 0 Å². The molecule has 0 bridgehead atoms. The van der Waals surface area contributed by atoms with Crippen LogP contribution in [0.2, 0.25) is 0 Å². The summed E-state index contributed by atoms with van der Waals surface area (Å²) in [5.74, 6) is 0.910. The number of nitrogens with two attached hydrogens (primary N) is 1. The van der Waals surface area contributed by atoms with E-state index in [1.165, 1.54) is 5.56 Å². The lowest BCUT2D eigenvalue weighted by Crippen LogP contribution is -2.52. The first-order valence-corrected chi connectivity index (χ1v) is 9.70. The van der Waals surface area contributed by atoms with Crippen molar-refractivity contribution >= 4 is 23.6 Å². The number of rotatable bonds is 4. The Morgan fingerprint density at radius 3 is 2.32 bits per heavy atom. The highest BCUT2D eigenvalue weighted by Crippen LogP contribution is 2.26. The molecular formula is C19H29N3O2S. The van der Waals surface area contributed by atoms with Crippen LogP contribution in [-0.2, 0) is 10.2 Å². The Kier molecular flexibility index (Phi) is 5.84. The number of hydrogen-bond donors (Lipinski definition) is 2.